The molecule has 1 heterocycles. The Morgan fingerprint density at radius 3 is 2.23 bits per heavy atom. The van der Waals surface area contributed by atoms with Gasteiger partial charge >= 0.3 is 0 Å². The highest BCUT2D eigenvalue weighted by atomic mass is 15.0. The predicted octanol–water partition coefficient (Wildman–Crippen LogP) is 3.06. The zero-order chi connectivity index (χ0) is 10.3. The maximum atomic E-state index is 3.64. The first-order valence-corrected chi connectivity index (χ1v) is 5.56. The van der Waals surface area contributed by atoms with Crippen molar-refractivity contribution in [2.75, 3.05) is 6.54 Å². The Hall–Kier alpha value is -0.0400. The van der Waals surface area contributed by atoms with Crippen molar-refractivity contribution in [3.05, 3.63) is 0 Å². The largest absolute Gasteiger partial charge is 0.311 e. The van der Waals surface area contributed by atoms with Crippen molar-refractivity contribution < 1.29 is 0 Å². The lowest BCUT2D eigenvalue weighted by Crippen LogP contribution is -2.45. The number of nitrogens with one attached hydrogen (secondary N) is 1. The van der Waals surface area contributed by atoms with E-state index in [2.05, 4.69) is 46.9 Å². The molecule has 1 rings (SSSR count). The van der Waals surface area contributed by atoms with Crippen LogP contribution >= 0.6 is 0 Å². The number of hydrogen-bond acceptors (Lipinski definition) is 1. The van der Waals surface area contributed by atoms with Crippen molar-refractivity contribution in [2.24, 2.45) is 17.3 Å². The first kappa shape index (κ1) is 11.0. The van der Waals surface area contributed by atoms with Crippen molar-refractivity contribution >= 4 is 0 Å². The van der Waals surface area contributed by atoms with Crippen molar-refractivity contribution in [1.29, 1.82) is 0 Å². The summed E-state index contributed by atoms with van der Waals surface area (Å²) in [6.07, 6.45) is 1.27. The van der Waals surface area contributed by atoms with E-state index < -0.39 is 0 Å². The molecule has 1 N–H and O–H groups in total. The Morgan fingerprint density at radius 1 is 1.38 bits per heavy atom. The zero-order valence-corrected chi connectivity index (χ0v) is 10.1. The van der Waals surface area contributed by atoms with Crippen LogP contribution in [0.5, 0.6) is 0 Å². The number of rotatable bonds is 2. The second-order valence-electron chi connectivity index (χ2n) is 5.90. The van der Waals surface area contributed by atoms with Crippen LogP contribution < -0.4 is 5.32 Å². The summed E-state index contributed by atoms with van der Waals surface area (Å²) in [5, 5.41) is 3.64. The number of hydrogen-bond donors (Lipinski definition) is 1. The molecule has 1 aliphatic rings. The van der Waals surface area contributed by atoms with Crippen LogP contribution in [0.4, 0.5) is 0 Å². The van der Waals surface area contributed by atoms with Gasteiger partial charge in [-0.25, -0.2) is 0 Å². The smallest absolute Gasteiger partial charge is 0.0161 e. The molecule has 0 aromatic heterocycles. The van der Waals surface area contributed by atoms with Gasteiger partial charge in [0.1, 0.15) is 0 Å². The fraction of sp³-hybridized carbons (Fsp3) is 1.00. The normalized spacial score (nSPS) is 33.7. The van der Waals surface area contributed by atoms with Gasteiger partial charge in [0.2, 0.25) is 0 Å². The third-order valence-corrected chi connectivity index (χ3v) is 3.98. The quantitative estimate of drug-likeness (QED) is 0.694. The maximum Gasteiger partial charge on any atom is 0.0161 e. The standard InChI is InChI=1S/C12H25N/c1-7-11(3,4)10-9(2)8-13-12(10,5)6/h9-10,13H,7-8H2,1-6H3. The van der Waals surface area contributed by atoms with Gasteiger partial charge in [-0.05, 0) is 37.6 Å². The van der Waals surface area contributed by atoms with Crippen LogP contribution in [0.25, 0.3) is 0 Å². The lowest BCUT2D eigenvalue weighted by molar-refractivity contribution is 0.110. The van der Waals surface area contributed by atoms with Crippen LogP contribution in [0.3, 0.4) is 0 Å². The average Bonchev–Trinajstić information content (AvgIpc) is 2.26. The van der Waals surface area contributed by atoms with Crippen LogP contribution in [0.2, 0.25) is 0 Å². The van der Waals surface area contributed by atoms with E-state index in [-0.39, 0.29) is 0 Å². The summed E-state index contributed by atoms with van der Waals surface area (Å²) in [5.41, 5.74) is 0.783. The van der Waals surface area contributed by atoms with E-state index in [1.807, 2.05) is 0 Å². The van der Waals surface area contributed by atoms with E-state index in [4.69, 9.17) is 0 Å². The van der Waals surface area contributed by atoms with Gasteiger partial charge in [0.25, 0.3) is 0 Å². The summed E-state index contributed by atoms with van der Waals surface area (Å²) in [4.78, 5) is 0. The SMILES string of the molecule is CCC(C)(C)C1C(C)CNC1(C)C. The van der Waals surface area contributed by atoms with E-state index in [0.29, 0.717) is 11.0 Å². The summed E-state index contributed by atoms with van der Waals surface area (Å²) in [6.45, 7) is 15.4. The Morgan fingerprint density at radius 2 is 1.92 bits per heavy atom. The molecule has 1 heteroatoms. The monoisotopic (exact) mass is 183 g/mol. The van der Waals surface area contributed by atoms with Crippen LogP contribution in [0.1, 0.15) is 48.0 Å². The molecule has 1 saturated heterocycles. The highest BCUT2D eigenvalue weighted by Gasteiger charge is 2.46. The van der Waals surface area contributed by atoms with Gasteiger partial charge in [0.05, 0.1) is 0 Å². The molecule has 0 bridgehead atoms. The van der Waals surface area contributed by atoms with Crippen molar-refractivity contribution in [3.8, 4) is 0 Å². The minimum atomic E-state index is 0.318. The second-order valence-corrected chi connectivity index (χ2v) is 5.90. The van der Waals surface area contributed by atoms with Crippen molar-refractivity contribution in [1.82, 2.24) is 5.32 Å². The van der Waals surface area contributed by atoms with E-state index in [9.17, 15) is 0 Å². The minimum Gasteiger partial charge on any atom is -0.311 e. The zero-order valence-electron chi connectivity index (χ0n) is 10.1. The Balaban J connectivity index is 2.88. The molecule has 1 aliphatic heterocycles. The molecule has 2 atom stereocenters. The summed E-state index contributed by atoms with van der Waals surface area (Å²) >= 11 is 0. The van der Waals surface area contributed by atoms with Crippen LogP contribution in [-0.2, 0) is 0 Å². The van der Waals surface area contributed by atoms with E-state index in [0.717, 1.165) is 11.8 Å². The van der Waals surface area contributed by atoms with E-state index in [1.165, 1.54) is 13.0 Å². The molecule has 78 valence electrons. The molecule has 13 heavy (non-hydrogen) atoms. The highest BCUT2D eigenvalue weighted by Crippen LogP contribution is 2.45. The summed E-state index contributed by atoms with van der Waals surface area (Å²) in [7, 11) is 0. The lowest BCUT2D eigenvalue weighted by atomic mass is 9.65. The summed E-state index contributed by atoms with van der Waals surface area (Å²) in [6, 6.07) is 0. The van der Waals surface area contributed by atoms with Gasteiger partial charge in [-0.3, -0.25) is 0 Å². The third kappa shape index (κ3) is 1.90. The maximum absolute atomic E-state index is 3.64. The molecule has 1 nitrogen and oxygen atoms in total. The van der Waals surface area contributed by atoms with Crippen molar-refractivity contribution in [3.63, 3.8) is 0 Å². The molecule has 0 amide bonds. The van der Waals surface area contributed by atoms with Crippen LogP contribution in [0, 0.1) is 17.3 Å². The Bertz CT molecular complexity index is 182. The summed E-state index contributed by atoms with van der Waals surface area (Å²) < 4.78 is 0. The highest BCUT2D eigenvalue weighted by molar-refractivity contribution is 5.01. The first-order chi connectivity index (χ1) is 5.81. The van der Waals surface area contributed by atoms with Gasteiger partial charge in [0, 0.05) is 5.54 Å². The molecule has 0 aromatic carbocycles. The topological polar surface area (TPSA) is 12.0 Å². The summed E-state index contributed by atoms with van der Waals surface area (Å²) in [5.74, 6) is 1.61. The van der Waals surface area contributed by atoms with Gasteiger partial charge < -0.3 is 5.32 Å². The molecule has 0 aliphatic carbocycles. The molecule has 0 spiro atoms. The fourth-order valence-electron chi connectivity index (χ4n) is 3.33. The Kier molecular flexibility index (Phi) is 2.78. The van der Waals surface area contributed by atoms with Crippen LogP contribution in [-0.4, -0.2) is 12.1 Å². The molecule has 1 fully saturated rings. The van der Waals surface area contributed by atoms with E-state index in [1.54, 1.807) is 0 Å². The minimum absolute atomic E-state index is 0.318. The van der Waals surface area contributed by atoms with E-state index >= 15 is 0 Å². The molecular formula is C12H25N. The molecule has 0 aromatic rings. The molecule has 2 unspecified atom stereocenters. The van der Waals surface area contributed by atoms with Gasteiger partial charge in [-0.15, -0.1) is 0 Å². The van der Waals surface area contributed by atoms with Gasteiger partial charge in [0.15, 0.2) is 0 Å². The predicted molar refractivity (Wildman–Crippen MR) is 58.8 cm³/mol. The second kappa shape index (κ2) is 3.27. The lowest BCUT2D eigenvalue weighted by Gasteiger charge is -2.41. The van der Waals surface area contributed by atoms with Crippen molar-refractivity contribution in [2.45, 2.75) is 53.5 Å². The van der Waals surface area contributed by atoms with Crippen LogP contribution in [0.15, 0.2) is 0 Å². The molecule has 0 radical (unpaired) electrons. The van der Waals surface area contributed by atoms with Gasteiger partial charge in [-0.2, -0.15) is 0 Å². The third-order valence-electron chi connectivity index (χ3n) is 3.98. The fourth-order valence-corrected chi connectivity index (χ4v) is 3.33. The molecule has 0 saturated carbocycles. The first-order valence-electron chi connectivity index (χ1n) is 5.56. The Labute approximate surface area is 83.3 Å². The van der Waals surface area contributed by atoms with Gasteiger partial charge in [-0.1, -0.05) is 34.1 Å². The average molecular weight is 183 g/mol. The molecular weight excluding hydrogens is 158 g/mol.